The van der Waals surface area contributed by atoms with Gasteiger partial charge >= 0.3 is 0 Å². The average Bonchev–Trinajstić information content (AvgIpc) is 3.22. The number of aromatic nitrogens is 3. The summed E-state index contributed by atoms with van der Waals surface area (Å²) in [5.74, 6) is 2.87. The van der Waals surface area contributed by atoms with Crippen LogP contribution in [-0.2, 0) is 0 Å². The van der Waals surface area contributed by atoms with Crippen molar-refractivity contribution in [2.75, 3.05) is 39.2 Å². The average molecular weight is 446 g/mol. The van der Waals surface area contributed by atoms with Gasteiger partial charge in [0.05, 0.1) is 5.69 Å². The maximum absolute atomic E-state index is 5.96. The fourth-order valence-corrected chi connectivity index (χ4v) is 3.91. The summed E-state index contributed by atoms with van der Waals surface area (Å²) in [5, 5.41) is 7.97. The molecule has 33 heavy (non-hydrogen) atoms. The van der Waals surface area contributed by atoms with Gasteiger partial charge in [0.15, 0.2) is 17.1 Å². The number of hydrogen-bond acceptors (Lipinski definition) is 7. The highest BCUT2D eigenvalue weighted by Gasteiger charge is 2.15. The molecular formula is C25H27N5O3. The second kappa shape index (κ2) is 8.99. The summed E-state index contributed by atoms with van der Waals surface area (Å²) in [4.78, 5) is 6.74. The first-order valence-corrected chi connectivity index (χ1v) is 11.0. The number of pyridine rings is 1. The number of nitrogens with zero attached hydrogens (tertiary/aromatic N) is 4. The van der Waals surface area contributed by atoms with Crippen LogP contribution in [0, 0.1) is 0 Å². The van der Waals surface area contributed by atoms with Crippen molar-refractivity contribution in [3.05, 3.63) is 60.7 Å². The Balaban J connectivity index is 1.35. The molecule has 1 aliphatic rings. The molecule has 0 saturated heterocycles. The second-order valence-corrected chi connectivity index (χ2v) is 8.31. The zero-order chi connectivity index (χ0) is 22.8. The molecule has 1 atom stereocenters. The van der Waals surface area contributed by atoms with E-state index < -0.39 is 0 Å². The summed E-state index contributed by atoms with van der Waals surface area (Å²) in [6, 6.07) is 19.7. The van der Waals surface area contributed by atoms with E-state index in [1.165, 1.54) is 0 Å². The van der Waals surface area contributed by atoms with E-state index in [0.29, 0.717) is 19.2 Å². The summed E-state index contributed by atoms with van der Waals surface area (Å²) in [6.45, 7) is 4.04. The van der Waals surface area contributed by atoms with Crippen molar-refractivity contribution >= 4 is 17.3 Å². The highest BCUT2D eigenvalue weighted by atomic mass is 16.6. The van der Waals surface area contributed by atoms with Crippen LogP contribution in [0.5, 0.6) is 17.2 Å². The van der Waals surface area contributed by atoms with E-state index in [-0.39, 0.29) is 6.10 Å². The van der Waals surface area contributed by atoms with Gasteiger partial charge in [-0.05, 0) is 75.6 Å². The molecule has 0 unspecified atom stereocenters. The van der Waals surface area contributed by atoms with Crippen molar-refractivity contribution in [2.24, 2.45) is 0 Å². The first kappa shape index (κ1) is 21.1. The van der Waals surface area contributed by atoms with Crippen LogP contribution in [0.1, 0.15) is 6.92 Å². The Bertz CT molecular complexity index is 1250. The number of benzene rings is 2. The molecule has 0 bridgehead atoms. The maximum Gasteiger partial charge on any atom is 0.247 e. The van der Waals surface area contributed by atoms with Gasteiger partial charge in [-0.2, -0.15) is 4.98 Å². The third-order valence-electron chi connectivity index (χ3n) is 5.27. The van der Waals surface area contributed by atoms with Gasteiger partial charge in [-0.15, -0.1) is 5.10 Å². The first-order chi connectivity index (χ1) is 16.0. The molecule has 1 N–H and O–H groups in total. The molecule has 4 aromatic rings. The molecule has 0 amide bonds. The molecule has 3 heterocycles. The molecule has 8 heteroatoms. The normalized spacial score (nSPS) is 13.8. The van der Waals surface area contributed by atoms with E-state index in [4.69, 9.17) is 14.2 Å². The van der Waals surface area contributed by atoms with Gasteiger partial charge in [-0.25, -0.2) is 4.52 Å². The van der Waals surface area contributed by atoms with Crippen molar-refractivity contribution in [1.82, 2.24) is 19.5 Å². The number of fused-ring (bicyclic) bond motifs is 2. The van der Waals surface area contributed by atoms with Gasteiger partial charge in [-0.3, -0.25) is 0 Å². The Hall–Kier alpha value is -3.78. The number of likely N-dealkylation sites (N-methyl/N-ethyl adjacent to an activating group) is 1. The molecule has 0 fully saturated rings. The standard InChI is InChI=1S/C25H27N5O3/c1-17(16-29(2)3)33-20-10-8-19(9-11-20)26-25-27-24-6-4-5-21(30(24)28-25)18-7-12-22-23(15-18)32-14-13-31-22/h4-12,15,17H,13-14,16H2,1-3H3,(H,26,28)/t17-/m1/s1. The SMILES string of the molecule is C[C@H](CN(C)C)Oc1ccc(Nc2nc3cccc(-c4ccc5c(c4)OCCO5)n3n2)cc1. The van der Waals surface area contributed by atoms with Crippen LogP contribution in [0.2, 0.25) is 0 Å². The minimum Gasteiger partial charge on any atom is -0.489 e. The van der Waals surface area contributed by atoms with Crippen LogP contribution in [0.4, 0.5) is 11.6 Å². The van der Waals surface area contributed by atoms with E-state index in [9.17, 15) is 0 Å². The summed E-state index contributed by atoms with van der Waals surface area (Å²) in [5.41, 5.74) is 3.54. The molecular weight excluding hydrogens is 418 g/mol. The lowest BCUT2D eigenvalue weighted by Crippen LogP contribution is -2.27. The molecule has 0 spiro atoms. The van der Waals surface area contributed by atoms with E-state index in [0.717, 1.165) is 46.4 Å². The lowest BCUT2D eigenvalue weighted by molar-refractivity contribution is 0.171. The van der Waals surface area contributed by atoms with Crippen LogP contribution < -0.4 is 19.5 Å². The van der Waals surface area contributed by atoms with Crippen molar-refractivity contribution in [2.45, 2.75) is 13.0 Å². The molecule has 0 radical (unpaired) electrons. The Morgan fingerprint density at radius 1 is 1.03 bits per heavy atom. The van der Waals surface area contributed by atoms with Gasteiger partial charge in [-0.1, -0.05) is 6.07 Å². The van der Waals surface area contributed by atoms with Crippen molar-refractivity contribution < 1.29 is 14.2 Å². The maximum atomic E-state index is 5.96. The number of nitrogens with one attached hydrogen (secondary N) is 1. The zero-order valence-corrected chi connectivity index (χ0v) is 19.0. The third kappa shape index (κ3) is 4.70. The third-order valence-corrected chi connectivity index (χ3v) is 5.27. The molecule has 5 rings (SSSR count). The Morgan fingerprint density at radius 2 is 1.82 bits per heavy atom. The van der Waals surface area contributed by atoms with Gasteiger partial charge in [0.1, 0.15) is 25.1 Å². The minimum atomic E-state index is 0.109. The van der Waals surface area contributed by atoms with Gasteiger partial charge in [0.2, 0.25) is 5.95 Å². The topological polar surface area (TPSA) is 73.2 Å². The van der Waals surface area contributed by atoms with Gasteiger partial charge in [0.25, 0.3) is 0 Å². The van der Waals surface area contributed by atoms with Crippen molar-refractivity contribution in [3.63, 3.8) is 0 Å². The summed E-state index contributed by atoms with van der Waals surface area (Å²) in [6.07, 6.45) is 0.109. The Labute approximate surface area is 192 Å². The second-order valence-electron chi connectivity index (χ2n) is 8.31. The molecule has 170 valence electrons. The number of ether oxygens (including phenoxy) is 3. The van der Waals surface area contributed by atoms with E-state index in [1.807, 2.05) is 79.3 Å². The van der Waals surface area contributed by atoms with Crippen LogP contribution in [0.25, 0.3) is 16.9 Å². The Kier molecular flexibility index (Phi) is 5.75. The molecule has 1 aliphatic heterocycles. The monoisotopic (exact) mass is 445 g/mol. The molecule has 0 aliphatic carbocycles. The smallest absolute Gasteiger partial charge is 0.247 e. The van der Waals surface area contributed by atoms with E-state index in [2.05, 4.69) is 27.2 Å². The van der Waals surface area contributed by atoms with E-state index >= 15 is 0 Å². The fraction of sp³-hybridized carbons (Fsp3) is 0.280. The predicted molar refractivity (Wildman–Crippen MR) is 128 cm³/mol. The molecule has 2 aromatic carbocycles. The lowest BCUT2D eigenvalue weighted by atomic mass is 10.1. The fourth-order valence-electron chi connectivity index (χ4n) is 3.91. The summed E-state index contributed by atoms with van der Waals surface area (Å²) < 4.78 is 19.2. The van der Waals surface area contributed by atoms with Crippen LogP contribution in [0.3, 0.4) is 0 Å². The van der Waals surface area contributed by atoms with Crippen LogP contribution in [0.15, 0.2) is 60.7 Å². The van der Waals surface area contributed by atoms with Crippen molar-refractivity contribution in [3.8, 4) is 28.5 Å². The number of rotatable bonds is 7. The molecule has 2 aromatic heterocycles. The largest absolute Gasteiger partial charge is 0.489 e. The predicted octanol–water partition coefficient (Wildman–Crippen LogP) is 4.24. The number of hydrogen-bond donors (Lipinski definition) is 1. The zero-order valence-electron chi connectivity index (χ0n) is 19.0. The quantitative estimate of drug-likeness (QED) is 0.456. The van der Waals surface area contributed by atoms with Crippen molar-refractivity contribution in [1.29, 1.82) is 0 Å². The number of anilines is 2. The summed E-state index contributed by atoms with van der Waals surface area (Å²) in [7, 11) is 4.07. The summed E-state index contributed by atoms with van der Waals surface area (Å²) >= 11 is 0. The van der Waals surface area contributed by atoms with E-state index in [1.54, 1.807) is 0 Å². The van der Waals surface area contributed by atoms with Crippen LogP contribution in [-0.4, -0.2) is 59.5 Å². The molecule has 8 nitrogen and oxygen atoms in total. The Morgan fingerprint density at radius 3 is 2.61 bits per heavy atom. The van der Waals surface area contributed by atoms with Crippen LogP contribution >= 0.6 is 0 Å². The lowest BCUT2D eigenvalue weighted by Gasteiger charge is -2.19. The highest BCUT2D eigenvalue weighted by Crippen LogP contribution is 2.34. The molecule has 0 saturated carbocycles. The first-order valence-electron chi connectivity index (χ1n) is 11.0. The van der Waals surface area contributed by atoms with Gasteiger partial charge in [0, 0.05) is 17.8 Å². The highest BCUT2D eigenvalue weighted by molar-refractivity contribution is 5.68. The van der Waals surface area contributed by atoms with Gasteiger partial charge < -0.3 is 24.4 Å². The minimum absolute atomic E-state index is 0.109.